The number of hydrogen-bond acceptors (Lipinski definition) is 5. The van der Waals surface area contributed by atoms with Gasteiger partial charge in [0.05, 0.1) is 19.8 Å². The van der Waals surface area contributed by atoms with Gasteiger partial charge in [0.25, 0.3) is 11.8 Å². The van der Waals surface area contributed by atoms with Crippen molar-refractivity contribution in [3.63, 3.8) is 0 Å². The summed E-state index contributed by atoms with van der Waals surface area (Å²) in [6, 6.07) is 11.8. The summed E-state index contributed by atoms with van der Waals surface area (Å²) in [5.74, 6) is 0.0531. The summed E-state index contributed by atoms with van der Waals surface area (Å²) in [6.07, 6.45) is 1.26. The van der Waals surface area contributed by atoms with Crippen molar-refractivity contribution in [1.82, 2.24) is 4.90 Å². The Balaban J connectivity index is 1.85. The minimum atomic E-state index is -0.433. The van der Waals surface area contributed by atoms with Crippen LogP contribution in [0.2, 0.25) is 0 Å². The van der Waals surface area contributed by atoms with Crippen molar-refractivity contribution in [2.75, 3.05) is 25.1 Å². The lowest BCUT2D eigenvalue weighted by atomic mass is 9.99. The molecule has 1 aliphatic heterocycles. The van der Waals surface area contributed by atoms with Gasteiger partial charge in [0.1, 0.15) is 11.4 Å². The molecule has 2 N–H and O–H groups in total. The second-order valence-corrected chi connectivity index (χ2v) is 6.65. The van der Waals surface area contributed by atoms with Gasteiger partial charge in [0, 0.05) is 11.8 Å². The molecule has 6 nitrogen and oxygen atoms in total. The van der Waals surface area contributed by atoms with E-state index < -0.39 is 11.8 Å². The monoisotopic (exact) mass is 380 g/mol. The highest BCUT2D eigenvalue weighted by Crippen LogP contribution is 2.31. The second kappa shape index (κ2) is 8.27. The summed E-state index contributed by atoms with van der Waals surface area (Å²) in [4.78, 5) is 25.2. The predicted molar refractivity (Wildman–Crippen MR) is 108 cm³/mol. The van der Waals surface area contributed by atoms with E-state index in [4.69, 9.17) is 9.84 Å². The van der Waals surface area contributed by atoms with Gasteiger partial charge in [0.15, 0.2) is 0 Å². The molecule has 0 radical (unpaired) electrons. The summed E-state index contributed by atoms with van der Waals surface area (Å²) in [7, 11) is 0. The van der Waals surface area contributed by atoms with Crippen molar-refractivity contribution in [2.45, 2.75) is 20.8 Å². The number of nitrogens with one attached hydrogen (secondary N) is 1. The molecular weight excluding hydrogens is 356 g/mol. The standard InChI is InChI=1S/C22H24N2O4/c1-4-28-21-14(2)10-17(11-15(21)3)16-6-5-7-18(12-16)23-19-13-20(26)24(8-9-25)22(19)27/h5-7,10-13,23,25H,4,8-9H2,1-3H3. The highest BCUT2D eigenvalue weighted by Gasteiger charge is 2.30. The molecule has 2 amide bonds. The number of β-amino-alcohol motifs (C(OH)–C–C–N with tert-alkyl or cyclic N) is 1. The Morgan fingerprint density at radius 1 is 1.07 bits per heavy atom. The fraction of sp³-hybridized carbons (Fsp3) is 0.273. The molecule has 0 spiro atoms. The molecule has 6 heteroatoms. The maximum atomic E-state index is 12.3. The maximum Gasteiger partial charge on any atom is 0.277 e. The molecule has 0 atom stereocenters. The summed E-state index contributed by atoms with van der Waals surface area (Å²) >= 11 is 0. The fourth-order valence-corrected chi connectivity index (χ4v) is 3.33. The Bertz CT molecular complexity index is 926. The van der Waals surface area contributed by atoms with Gasteiger partial charge >= 0.3 is 0 Å². The Morgan fingerprint density at radius 3 is 2.43 bits per heavy atom. The number of aliphatic hydroxyl groups is 1. The molecule has 0 aromatic heterocycles. The number of rotatable bonds is 7. The van der Waals surface area contributed by atoms with E-state index in [-0.39, 0.29) is 18.8 Å². The quantitative estimate of drug-likeness (QED) is 0.722. The second-order valence-electron chi connectivity index (χ2n) is 6.65. The molecule has 2 aromatic rings. The van der Waals surface area contributed by atoms with Crippen molar-refractivity contribution in [1.29, 1.82) is 0 Å². The summed E-state index contributed by atoms with van der Waals surface area (Å²) in [5, 5.41) is 12.0. The van der Waals surface area contributed by atoms with E-state index in [1.54, 1.807) is 0 Å². The average molecular weight is 380 g/mol. The highest BCUT2D eigenvalue weighted by molar-refractivity contribution is 6.17. The number of aliphatic hydroxyl groups excluding tert-OH is 1. The number of imide groups is 1. The molecule has 0 fully saturated rings. The number of benzene rings is 2. The number of carbonyl (C=O) groups excluding carboxylic acids is 2. The zero-order valence-corrected chi connectivity index (χ0v) is 16.3. The van der Waals surface area contributed by atoms with Gasteiger partial charge < -0.3 is 15.2 Å². The highest BCUT2D eigenvalue weighted by atomic mass is 16.5. The molecule has 1 heterocycles. The van der Waals surface area contributed by atoms with E-state index in [0.29, 0.717) is 12.3 Å². The molecule has 0 aliphatic carbocycles. The topological polar surface area (TPSA) is 78.9 Å². The van der Waals surface area contributed by atoms with Crippen molar-refractivity contribution in [3.05, 3.63) is 59.3 Å². The maximum absolute atomic E-state index is 12.3. The molecule has 2 aromatic carbocycles. The number of carbonyl (C=O) groups is 2. The normalized spacial score (nSPS) is 13.7. The lowest BCUT2D eigenvalue weighted by molar-refractivity contribution is -0.137. The number of ether oxygens (including phenoxy) is 1. The van der Waals surface area contributed by atoms with Crippen molar-refractivity contribution in [3.8, 4) is 16.9 Å². The number of nitrogens with zero attached hydrogens (tertiary/aromatic N) is 1. The molecule has 3 rings (SSSR count). The zero-order chi connectivity index (χ0) is 20.3. The first-order valence-corrected chi connectivity index (χ1v) is 9.24. The van der Waals surface area contributed by atoms with E-state index in [1.165, 1.54) is 6.08 Å². The van der Waals surface area contributed by atoms with Crippen molar-refractivity contribution in [2.24, 2.45) is 0 Å². The largest absolute Gasteiger partial charge is 0.493 e. The zero-order valence-electron chi connectivity index (χ0n) is 16.3. The van der Waals surface area contributed by atoms with Crippen LogP contribution in [0.25, 0.3) is 11.1 Å². The minimum Gasteiger partial charge on any atom is -0.493 e. The van der Waals surface area contributed by atoms with Gasteiger partial charge in [-0.3, -0.25) is 14.5 Å². The molecule has 28 heavy (non-hydrogen) atoms. The van der Waals surface area contributed by atoms with Crippen LogP contribution in [-0.2, 0) is 9.59 Å². The predicted octanol–water partition coefficient (Wildman–Crippen LogP) is 3.03. The Labute approximate surface area is 164 Å². The summed E-state index contributed by atoms with van der Waals surface area (Å²) in [5.41, 5.74) is 5.08. The first-order valence-electron chi connectivity index (χ1n) is 9.24. The number of anilines is 1. The van der Waals surface area contributed by atoms with E-state index in [2.05, 4.69) is 17.4 Å². The van der Waals surface area contributed by atoms with Crippen LogP contribution in [-0.4, -0.2) is 41.6 Å². The number of hydrogen-bond donors (Lipinski definition) is 2. The van der Waals surface area contributed by atoms with E-state index in [9.17, 15) is 9.59 Å². The summed E-state index contributed by atoms with van der Waals surface area (Å²) in [6.45, 7) is 6.36. The Kier molecular flexibility index (Phi) is 5.80. The number of amides is 2. The van der Waals surface area contributed by atoms with E-state index >= 15 is 0 Å². The Hall–Kier alpha value is -3.12. The van der Waals surface area contributed by atoms with Crippen molar-refractivity contribution >= 4 is 17.5 Å². The summed E-state index contributed by atoms with van der Waals surface area (Å²) < 4.78 is 5.71. The van der Waals surface area contributed by atoms with Crippen LogP contribution >= 0.6 is 0 Å². The molecule has 0 saturated heterocycles. The molecule has 146 valence electrons. The lowest BCUT2D eigenvalue weighted by Gasteiger charge is -2.15. The van der Waals surface area contributed by atoms with Crippen LogP contribution in [0, 0.1) is 13.8 Å². The van der Waals surface area contributed by atoms with Crippen LogP contribution in [0.4, 0.5) is 5.69 Å². The molecular formula is C22H24N2O4. The van der Waals surface area contributed by atoms with Crippen LogP contribution in [0.3, 0.4) is 0 Å². The fourth-order valence-electron chi connectivity index (χ4n) is 3.33. The van der Waals surface area contributed by atoms with Crippen LogP contribution in [0.1, 0.15) is 18.1 Å². The van der Waals surface area contributed by atoms with E-state index in [1.807, 2.05) is 45.0 Å². The third-order valence-electron chi connectivity index (χ3n) is 4.56. The number of aryl methyl sites for hydroxylation is 2. The van der Waals surface area contributed by atoms with E-state index in [0.717, 1.165) is 32.9 Å². The van der Waals surface area contributed by atoms with Gasteiger partial charge in [-0.25, -0.2) is 0 Å². The molecule has 0 bridgehead atoms. The van der Waals surface area contributed by atoms with Crippen LogP contribution in [0.15, 0.2) is 48.2 Å². The smallest absolute Gasteiger partial charge is 0.277 e. The van der Waals surface area contributed by atoms with Crippen molar-refractivity contribution < 1.29 is 19.4 Å². The first kappa shape index (κ1) is 19.6. The SMILES string of the molecule is CCOc1c(C)cc(-c2cccc(NC3=CC(=O)N(CCO)C3=O)c2)cc1C. The average Bonchev–Trinajstić information content (AvgIpc) is 2.92. The third-order valence-corrected chi connectivity index (χ3v) is 4.56. The van der Waals surface area contributed by atoms with Gasteiger partial charge in [-0.1, -0.05) is 12.1 Å². The third kappa shape index (κ3) is 3.92. The van der Waals surface area contributed by atoms with Gasteiger partial charge in [-0.15, -0.1) is 0 Å². The lowest BCUT2D eigenvalue weighted by Crippen LogP contribution is -2.34. The first-order chi connectivity index (χ1) is 13.4. The molecule has 0 saturated carbocycles. The molecule has 0 unspecified atom stereocenters. The van der Waals surface area contributed by atoms with Crippen LogP contribution in [0.5, 0.6) is 5.75 Å². The van der Waals surface area contributed by atoms with Crippen LogP contribution < -0.4 is 10.1 Å². The van der Waals surface area contributed by atoms with Gasteiger partial charge in [0.2, 0.25) is 0 Å². The minimum absolute atomic E-state index is 0.00980. The van der Waals surface area contributed by atoms with Gasteiger partial charge in [-0.2, -0.15) is 0 Å². The Morgan fingerprint density at radius 2 is 1.79 bits per heavy atom. The van der Waals surface area contributed by atoms with Gasteiger partial charge in [-0.05, 0) is 67.3 Å². The molecule has 1 aliphatic rings.